The maximum Gasteiger partial charge on any atom is 0.0798 e. The summed E-state index contributed by atoms with van der Waals surface area (Å²) in [5.74, 6) is 0. The molecule has 0 aliphatic carbocycles. The third-order valence-electron chi connectivity index (χ3n) is 2.88. The minimum absolute atomic E-state index is 0.490. The molecule has 0 bridgehead atoms. The maximum absolute atomic E-state index is 5.70. The van der Waals surface area contributed by atoms with Gasteiger partial charge in [0.25, 0.3) is 0 Å². The number of pyridine rings is 1. The molecule has 0 aromatic carbocycles. The Kier molecular flexibility index (Phi) is 4.41. The fourth-order valence-corrected chi connectivity index (χ4v) is 2.73. The van der Waals surface area contributed by atoms with Gasteiger partial charge < -0.3 is 5.73 Å². The van der Waals surface area contributed by atoms with Crippen LogP contribution in [0.5, 0.6) is 0 Å². The first-order chi connectivity index (χ1) is 8.70. The zero-order chi connectivity index (χ0) is 13.0. The highest BCUT2D eigenvalue weighted by Crippen LogP contribution is 2.16. The van der Waals surface area contributed by atoms with E-state index in [0.717, 1.165) is 24.5 Å². The second-order valence-electron chi connectivity index (χ2n) is 4.35. The van der Waals surface area contributed by atoms with Crippen molar-refractivity contribution in [2.75, 3.05) is 7.05 Å². The summed E-state index contributed by atoms with van der Waals surface area (Å²) in [5.41, 5.74) is 10.9. The Bertz CT molecular complexity index is 509. The highest BCUT2D eigenvalue weighted by molar-refractivity contribution is 7.09. The minimum atomic E-state index is 0.490. The van der Waals surface area contributed by atoms with Crippen molar-refractivity contribution in [3.63, 3.8) is 0 Å². The Hall–Kier alpha value is -1.30. The van der Waals surface area contributed by atoms with Crippen molar-refractivity contribution < 1.29 is 0 Å². The number of nitrogens with zero attached hydrogens (tertiary/aromatic N) is 3. The monoisotopic (exact) mass is 262 g/mol. The summed E-state index contributed by atoms with van der Waals surface area (Å²) in [5, 5.41) is 0. The van der Waals surface area contributed by atoms with Crippen molar-refractivity contribution >= 4 is 11.3 Å². The molecule has 2 aromatic rings. The molecule has 0 fully saturated rings. The molecule has 0 saturated heterocycles. The van der Waals surface area contributed by atoms with Crippen LogP contribution in [0.4, 0.5) is 0 Å². The summed E-state index contributed by atoms with van der Waals surface area (Å²) < 4.78 is 0. The standard InChI is InChI=1S/C13H18N4S/c1-10-13(18-9-16-10)8-17(2)7-11-4-3-5-15-12(11)6-14/h3-5,9H,6-8,14H2,1-2H3. The molecule has 2 heterocycles. The van der Waals surface area contributed by atoms with E-state index in [1.54, 1.807) is 17.5 Å². The summed E-state index contributed by atoms with van der Waals surface area (Å²) in [6.07, 6.45) is 1.79. The highest BCUT2D eigenvalue weighted by atomic mass is 32.1. The van der Waals surface area contributed by atoms with Crippen LogP contribution in [-0.4, -0.2) is 21.9 Å². The molecule has 5 heteroatoms. The zero-order valence-corrected chi connectivity index (χ0v) is 11.6. The normalized spacial score (nSPS) is 11.1. The summed E-state index contributed by atoms with van der Waals surface area (Å²) in [4.78, 5) is 12.1. The van der Waals surface area contributed by atoms with Crippen molar-refractivity contribution in [2.45, 2.75) is 26.6 Å². The lowest BCUT2D eigenvalue weighted by Crippen LogP contribution is -2.19. The summed E-state index contributed by atoms with van der Waals surface area (Å²) >= 11 is 1.71. The van der Waals surface area contributed by atoms with Crippen LogP contribution in [0.1, 0.15) is 21.8 Å². The zero-order valence-electron chi connectivity index (χ0n) is 10.8. The molecule has 0 aliphatic heterocycles. The van der Waals surface area contributed by atoms with E-state index in [2.05, 4.69) is 34.9 Å². The molecule has 2 N–H and O–H groups in total. The lowest BCUT2D eigenvalue weighted by Gasteiger charge is -2.17. The minimum Gasteiger partial charge on any atom is -0.325 e. The topological polar surface area (TPSA) is 55.0 Å². The van der Waals surface area contributed by atoms with Gasteiger partial charge in [0.05, 0.1) is 16.9 Å². The van der Waals surface area contributed by atoms with Crippen molar-refractivity contribution in [1.82, 2.24) is 14.9 Å². The van der Waals surface area contributed by atoms with Crippen LogP contribution in [0.15, 0.2) is 23.8 Å². The molecular formula is C13H18N4S. The number of rotatable bonds is 5. The molecule has 2 rings (SSSR count). The summed E-state index contributed by atoms with van der Waals surface area (Å²) in [7, 11) is 2.10. The van der Waals surface area contributed by atoms with Crippen molar-refractivity contribution in [1.29, 1.82) is 0 Å². The van der Waals surface area contributed by atoms with Gasteiger partial charge in [-0.05, 0) is 25.6 Å². The maximum atomic E-state index is 5.70. The van der Waals surface area contributed by atoms with E-state index in [4.69, 9.17) is 5.73 Å². The first kappa shape index (κ1) is 13.1. The largest absolute Gasteiger partial charge is 0.325 e. The molecule has 2 aromatic heterocycles. The second kappa shape index (κ2) is 6.04. The van der Waals surface area contributed by atoms with E-state index < -0.39 is 0 Å². The Labute approximate surface area is 111 Å². The van der Waals surface area contributed by atoms with Gasteiger partial charge >= 0.3 is 0 Å². The number of hydrogen-bond donors (Lipinski definition) is 1. The van der Waals surface area contributed by atoms with E-state index in [1.807, 2.05) is 11.6 Å². The number of hydrogen-bond acceptors (Lipinski definition) is 5. The molecule has 0 atom stereocenters. The van der Waals surface area contributed by atoms with Crippen LogP contribution in [0.3, 0.4) is 0 Å². The third kappa shape index (κ3) is 3.13. The number of thiazole rings is 1. The van der Waals surface area contributed by atoms with Crippen molar-refractivity contribution in [2.24, 2.45) is 5.73 Å². The molecular weight excluding hydrogens is 244 g/mol. The molecule has 0 radical (unpaired) electrons. The van der Waals surface area contributed by atoms with E-state index in [-0.39, 0.29) is 0 Å². The quantitative estimate of drug-likeness (QED) is 0.894. The molecule has 18 heavy (non-hydrogen) atoms. The highest BCUT2D eigenvalue weighted by Gasteiger charge is 2.08. The van der Waals surface area contributed by atoms with E-state index >= 15 is 0 Å². The summed E-state index contributed by atoms with van der Waals surface area (Å²) in [6, 6.07) is 4.05. The van der Waals surface area contributed by atoms with Gasteiger partial charge in [-0.15, -0.1) is 11.3 Å². The fourth-order valence-electron chi connectivity index (χ4n) is 1.87. The first-order valence-electron chi connectivity index (χ1n) is 5.91. The number of aryl methyl sites for hydroxylation is 1. The third-order valence-corrected chi connectivity index (χ3v) is 3.80. The fraction of sp³-hybridized carbons (Fsp3) is 0.385. The average Bonchev–Trinajstić information content (AvgIpc) is 2.75. The van der Waals surface area contributed by atoms with Gasteiger partial charge in [-0.3, -0.25) is 9.88 Å². The van der Waals surface area contributed by atoms with E-state index in [9.17, 15) is 0 Å². The van der Waals surface area contributed by atoms with Gasteiger partial charge in [0.2, 0.25) is 0 Å². The van der Waals surface area contributed by atoms with Crippen LogP contribution in [-0.2, 0) is 19.6 Å². The Morgan fingerprint density at radius 2 is 2.17 bits per heavy atom. The van der Waals surface area contributed by atoms with Crippen molar-refractivity contribution in [3.8, 4) is 0 Å². The average molecular weight is 262 g/mol. The molecule has 0 unspecified atom stereocenters. The van der Waals surface area contributed by atoms with Gasteiger partial charge in [0.15, 0.2) is 0 Å². The SMILES string of the molecule is Cc1ncsc1CN(C)Cc1cccnc1CN. The van der Waals surface area contributed by atoms with E-state index in [0.29, 0.717) is 6.54 Å². The molecule has 0 saturated carbocycles. The van der Waals surface area contributed by atoms with Crippen LogP contribution in [0.2, 0.25) is 0 Å². The van der Waals surface area contributed by atoms with Gasteiger partial charge in [-0.2, -0.15) is 0 Å². The molecule has 0 amide bonds. The smallest absolute Gasteiger partial charge is 0.0798 e. The molecule has 96 valence electrons. The molecule has 0 aliphatic rings. The van der Waals surface area contributed by atoms with Crippen LogP contribution in [0, 0.1) is 6.92 Å². The summed E-state index contributed by atoms with van der Waals surface area (Å²) in [6.45, 7) is 4.31. The lowest BCUT2D eigenvalue weighted by atomic mass is 10.2. The second-order valence-corrected chi connectivity index (χ2v) is 5.29. The Morgan fingerprint density at radius 3 is 2.83 bits per heavy atom. The van der Waals surface area contributed by atoms with Gasteiger partial charge in [-0.1, -0.05) is 6.07 Å². The predicted molar refractivity (Wildman–Crippen MR) is 74.2 cm³/mol. The Balaban J connectivity index is 2.03. The van der Waals surface area contributed by atoms with Crippen LogP contribution < -0.4 is 5.73 Å². The Morgan fingerprint density at radius 1 is 1.33 bits per heavy atom. The first-order valence-corrected chi connectivity index (χ1v) is 6.79. The van der Waals surface area contributed by atoms with E-state index in [1.165, 1.54) is 10.4 Å². The van der Waals surface area contributed by atoms with Gasteiger partial charge in [0.1, 0.15) is 0 Å². The number of nitrogens with two attached hydrogens (primary N) is 1. The molecule has 0 spiro atoms. The van der Waals surface area contributed by atoms with Gasteiger partial charge in [-0.25, -0.2) is 4.98 Å². The van der Waals surface area contributed by atoms with Crippen molar-refractivity contribution in [3.05, 3.63) is 45.7 Å². The predicted octanol–water partition coefficient (Wildman–Crippen LogP) is 1.94. The lowest BCUT2D eigenvalue weighted by molar-refractivity contribution is 0.319. The number of aromatic nitrogens is 2. The van der Waals surface area contributed by atoms with Crippen LogP contribution in [0.25, 0.3) is 0 Å². The van der Waals surface area contributed by atoms with Gasteiger partial charge in [0, 0.05) is 30.7 Å². The molecule has 4 nitrogen and oxygen atoms in total. The van der Waals surface area contributed by atoms with Crippen LogP contribution >= 0.6 is 11.3 Å².